The minimum absolute atomic E-state index is 0.0943. The molecule has 0 saturated carbocycles. The monoisotopic (exact) mass is 283 g/mol. The van der Waals surface area contributed by atoms with E-state index in [1.807, 2.05) is 26.0 Å². The van der Waals surface area contributed by atoms with Gasteiger partial charge in [0.15, 0.2) is 0 Å². The molecular formula is C14H13N5O2. The number of fused-ring (bicyclic) bond motifs is 1. The highest BCUT2D eigenvalue weighted by Crippen LogP contribution is 2.24. The lowest BCUT2D eigenvalue weighted by Gasteiger charge is -2.06. The van der Waals surface area contributed by atoms with Gasteiger partial charge in [0.05, 0.1) is 28.1 Å². The van der Waals surface area contributed by atoms with Crippen molar-refractivity contribution in [2.24, 2.45) is 0 Å². The van der Waals surface area contributed by atoms with Crippen LogP contribution in [0.25, 0.3) is 16.9 Å². The van der Waals surface area contributed by atoms with E-state index in [1.165, 1.54) is 12.1 Å². The summed E-state index contributed by atoms with van der Waals surface area (Å²) in [6.45, 7) is 4.01. The van der Waals surface area contributed by atoms with Crippen LogP contribution in [0.1, 0.15) is 11.1 Å². The first-order valence-electron chi connectivity index (χ1n) is 6.32. The second-order valence-corrected chi connectivity index (χ2v) is 4.91. The average molecular weight is 283 g/mol. The number of pyridine rings is 1. The Bertz CT molecular complexity index is 869. The van der Waals surface area contributed by atoms with Crippen molar-refractivity contribution < 1.29 is 4.92 Å². The van der Waals surface area contributed by atoms with Crippen LogP contribution in [0.4, 0.5) is 11.5 Å². The number of aryl methyl sites for hydroxylation is 2. The van der Waals surface area contributed by atoms with Crippen LogP contribution in [0.3, 0.4) is 0 Å². The molecule has 0 fully saturated rings. The lowest BCUT2D eigenvalue weighted by atomic mass is 10.1. The Labute approximate surface area is 120 Å². The van der Waals surface area contributed by atoms with E-state index in [1.54, 1.807) is 10.9 Å². The van der Waals surface area contributed by atoms with E-state index in [2.05, 4.69) is 9.97 Å². The molecule has 0 aliphatic carbocycles. The van der Waals surface area contributed by atoms with E-state index in [9.17, 15) is 10.1 Å². The number of rotatable bonds is 2. The minimum atomic E-state index is -0.490. The Morgan fingerprint density at radius 1 is 1.19 bits per heavy atom. The minimum Gasteiger partial charge on any atom is -0.383 e. The summed E-state index contributed by atoms with van der Waals surface area (Å²) < 4.78 is 1.70. The van der Waals surface area contributed by atoms with Crippen molar-refractivity contribution in [3.8, 4) is 5.82 Å². The summed E-state index contributed by atoms with van der Waals surface area (Å²) in [7, 11) is 0. The van der Waals surface area contributed by atoms with Gasteiger partial charge in [-0.3, -0.25) is 14.7 Å². The van der Waals surface area contributed by atoms with Crippen molar-refractivity contribution in [3.05, 3.63) is 51.8 Å². The number of aromatic nitrogens is 3. The van der Waals surface area contributed by atoms with Gasteiger partial charge in [-0.25, -0.2) is 9.97 Å². The van der Waals surface area contributed by atoms with Crippen molar-refractivity contribution in [2.75, 3.05) is 5.73 Å². The fourth-order valence-corrected chi connectivity index (χ4v) is 2.20. The summed E-state index contributed by atoms with van der Waals surface area (Å²) in [5, 5.41) is 10.9. The Morgan fingerprint density at radius 3 is 2.62 bits per heavy atom. The smallest absolute Gasteiger partial charge is 0.276 e. The third kappa shape index (κ3) is 2.18. The first-order valence-corrected chi connectivity index (χ1v) is 6.32. The molecule has 0 bridgehead atoms. The second-order valence-electron chi connectivity index (χ2n) is 4.91. The second kappa shape index (κ2) is 4.55. The van der Waals surface area contributed by atoms with Gasteiger partial charge in [-0.1, -0.05) is 0 Å². The maximum atomic E-state index is 10.9. The summed E-state index contributed by atoms with van der Waals surface area (Å²) in [6.07, 6.45) is 1.59. The van der Waals surface area contributed by atoms with Crippen molar-refractivity contribution in [1.29, 1.82) is 0 Å². The zero-order chi connectivity index (χ0) is 15.1. The highest BCUT2D eigenvalue weighted by Gasteiger charge is 2.13. The molecule has 0 saturated heterocycles. The molecule has 3 rings (SSSR count). The van der Waals surface area contributed by atoms with E-state index in [0.29, 0.717) is 5.82 Å². The van der Waals surface area contributed by atoms with E-state index < -0.39 is 4.92 Å². The van der Waals surface area contributed by atoms with Crippen molar-refractivity contribution in [3.63, 3.8) is 0 Å². The van der Waals surface area contributed by atoms with E-state index in [-0.39, 0.29) is 11.5 Å². The molecule has 2 N–H and O–H groups in total. The average Bonchev–Trinajstić information content (AvgIpc) is 2.81. The first kappa shape index (κ1) is 13.0. The quantitative estimate of drug-likeness (QED) is 0.575. The van der Waals surface area contributed by atoms with E-state index >= 15 is 0 Å². The van der Waals surface area contributed by atoms with Gasteiger partial charge in [-0.05, 0) is 37.1 Å². The van der Waals surface area contributed by atoms with Gasteiger partial charge in [0.2, 0.25) is 0 Å². The summed E-state index contributed by atoms with van der Waals surface area (Å²) in [5.74, 6) is 0.484. The summed E-state index contributed by atoms with van der Waals surface area (Å²) in [6, 6.07) is 6.57. The lowest BCUT2D eigenvalue weighted by molar-refractivity contribution is -0.384. The Hall–Kier alpha value is -2.96. The number of nitrogen functional groups attached to an aromatic ring is 1. The Balaban J connectivity index is 2.25. The van der Waals surface area contributed by atoms with Crippen LogP contribution in [-0.4, -0.2) is 19.5 Å². The predicted octanol–water partition coefficient (Wildman–Crippen LogP) is 2.53. The molecule has 2 heterocycles. The van der Waals surface area contributed by atoms with Crippen LogP contribution >= 0.6 is 0 Å². The molecule has 3 aromatic rings. The molecule has 21 heavy (non-hydrogen) atoms. The topological polar surface area (TPSA) is 99.9 Å². The molecule has 106 valence electrons. The molecule has 7 heteroatoms. The Morgan fingerprint density at radius 2 is 1.90 bits per heavy atom. The number of nitrogens with zero attached hydrogens (tertiary/aromatic N) is 4. The van der Waals surface area contributed by atoms with Gasteiger partial charge in [0, 0.05) is 0 Å². The van der Waals surface area contributed by atoms with Gasteiger partial charge >= 0.3 is 0 Å². The fraction of sp³-hybridized carbons (Fsp3) is 0.143. The van der Waals surface area contributed by atoms with Gasteiger partial charge in [0.1, 0.15) is 18.0 Å². The largest absolute Gasteiger partial charge is 0.383 e. The Kier molecular flexibility index (Phi) is 2.83. The van der Waals surface area contributed by atoms with Gasteiger partial charge in [0.25, 0.3) is 5.69 Å². The molecule has 7 nitrogen and oxygen atoms in total. The SMILES string of the molecule is Cc1cc2ncn(-c3cc([N+](=O)[O-])cc(N)n3)c2cc1C. The molecule has 0 spiro atoms. The molecule has 2 aromatic heterocycles. The van der Waals surface area contributed by atoms with Gasteiger partial charge < -0.3 is 5.73 Å². The van der Waals surface area contributed by atoms with Gasteiger partial charge in [-0.15, -0.1) is 0 Å². The molecule has 0 atom stereocenters. The normalized spacial score (nSPS) is 11.0. The fourth-order valence-electron chi connectivity index (χ4n) is 2.20. The zero-order valence-electron chi connectivity index (χ0n) is 11.6. The molecular weight excluding hydrogens is 270 g/mol. The molecule has 0 amide bonds. The molecule has 1 aromatic carbocycles. The number of nitrogens with two attached hydrogens (primary N) is 1. The number of imidazole rings is 1. The molecule has 0 radical (unpaired) electrons. The number of hydrogen-bond donors (Lipinski definition) is 1. The van der Waals surface area contributed by atoms with Crippen molar-refractivity contribution in [2.45, 2.75) is 13.8 Å². The van der Waals surface area contributed by atoms with Crippen molar-refractivity contribution >= 4 is 22.5 Å². The standard InChI is InChI=1S/C14H13N5O2/c1-8-3-11-12(4-9(8)2)18(7-16-11)14-6-10(19(20)21)5-13(15)17-14/h3-7H,1-2H3,(H2,15,17). The summed E-state index contributed by atoms with van der Waals surface area (Å²) >= 11 is 0. The maximum Gasteiger partial charge on any atom is 0.276 e. The van der Waals surface area contributed by atoms with Crippen LogP contribution < -0.4 is 5.73 Å². The van der Waals surface area contributed by atoms with Crippen LogP contribution in [0.2, 0.25) is 0 Å². The van der Waals surface area contributed by atoms with Gasteiger partial charge in [-0.2, -0.15) is 0 Å². The first-order chi connectivity index (χ1) is 9.95. The van der Waals surface area contributed by atoms with Crippen LogP contribution in [0, 0.1) is 24.0 Å². The molecule has 0 aliphatic rings. The number of hydrogen-bond acceptors (Lipinski definition) is 5. The number of nitro groups is 1. The zero-order valence-corrected chi connectivity index (χ0v) is 11.6. The molecule has 0 aliphatic heterocycles. The van der Waals surface area contributed by atoms with Crippen LogP contribution in [-0.2, 0) is 0 Å². The summed E-state index contributed by atoms with van der Waals surface area (Å²) in [5.41, 5.74) is 9.46. The number of anilines is 1. The van der Waals surface area contributed by atoms with Crippen molar-refractivity contribution in [1.82, 2.24) is 14.5 Å². The predicted molar refractivity (Wildman–Crippen MR) is 79.4 cm³/mol. The highest BCUT2D eigenvalue weighted by atomic mass is 16.6. The maximum absolute atomic E-state index is 10.9. The third-order valence-electron chi connectivity index (χ3n) is 3.44. The highest BCUT2D eigenvalue weighted by molar-refractivity contribution is 5.79. The summed E-state index contributed by atoms with van der Waals surface area (Å²) in [4.78, 5) is 18.9. The van der Waals surface area contributed by atoms with Crippen LogP contribution in [0.5, 0.6) is 0 Å². The molecule has 0 unspecified atom stereocenters. The lowest BCUT2D eigenvalue weighted by Crippen LogP contribution is -2.02. The van der Waals surface area contributed by atoms with E-state index in [0.717, 1.165) is 22.2 Å². The van der Waals surface area contributed by atoms with Crippen LogP contribution in [0.15, 0.2) is 30.6 Å². The number of benzene rings is 1. The third-order valence-corrected chi connectivity index (χ3v) is 3.44. The van der Waals surface area contributed by atoms with E-state index in [4.69, 9.17) is 5.73 Å².